The number of esters is 2. The molecule has 5 rings (SSSR count). The second-order valence-corrected chi connectivity index (χ2v) is 10.1. The Balaban J connectivity index is 1.68. The van der Waals surface area contributed by atoms with E-state index in [0.717, 1.165) is 21.8 Å². The number of carbonyl (C=O) groups excluding carboxylic acids is 4. The van der Waals surface area contributed by atoms with Crippen molar-refractivity contribution < 1.29 is 38.5 Å². The Bertz CT molecular complexity index is 1560. The van der Waals surface area contributed by atoms with Gasteiger partial charge in [-0.25, -0.2) is 14.6 Å². The first-order chi connectivity index (χ1) is 18.6. The summed E-state index contributed by atoms with van der Waals surface area (Å²) in [5.74, 6) is -2.66. The van der Waals surface area contributed by atoms with Crippen molar-refractivity contribution in [2.45, 2.75) is 32.4 Å². The van der Waals surface area contributed by atoms with Gasteiger partial charge >= 0.3 is 17.8 Å². The Morgan fingerprint density at radius 2 is 1.72 bits per heavy atom. The molecule has 0 radical (unpaired) electrons. The third-order valence-corrected chi connectivity index (χ3v) is 7.76. The molecule has 0 aliphatic carbocycles. The number of Topliss-reactive ketones (excluding diaryl/α,β-unsaturated/α-hetero) is 1. The van der Waals surface area contributed by atoms with E-state index >= 15 is 0 Å². The molecule has 1 saturated heterocycles. The Kier molecular flexibility index (Phi) is 6.69. The average Bonchev–Trinajstić information content (AvgIpc) is 3.59. The van der Waals surface area contributed by atoms with Crippen LogP contribution in [0.3, 0.4) is 0 Å². The highest BCUT2D eigenvalue weighted by molar-refractivity contribution is 7.17. The van der Waals surface area contributed by atoms with Crippen LogP contribution in [0.15, 0.2) is 48.0 Å². The minimum Gasteiger partial charge on any atom is -0.507 e. The molecule has 0 bridgehead atoms. The van der Waals surface area contributed by atoms with Gasteiger partial charge in [-0.1, -0.05) is 23.5 Å². The van der Waals surface area contributed by atoms with Crippen molar-refractivity contribution in [3.63, 3.8) is 0 Å². The van der Waals surface area contributed by atoms with E-state index in [-0.39, 0.29) is 33.0 Å². The smallest absolute Gasteiger partial charge is 0.350 e. The number of amides is 1. The lowest BCUT2D eigenvalue weighted by Gasteiger charge is -2.23. The van der Waals surface area contributed by atoms with Gasteiger partial charge < -0.3 is 19.3 Å². The third kappa shape index (κ3) is 4.44. The number of rotatable bonds is 5. The van der Waals surface area contributed by atoms with Gasteiger partial charge in [0, 0.05) is 12.0 Å². The van der Waals surface area contributed by atoms with E-state index in [1.54, 1.807) is 37.3 Å². The molecule has 2 aromatic carbocycles. The normalized spacial score (nSPS) is 19.5. The van der Waals surface area contributed by atoms with Crippen LogP contribution in [0.5, 0.6) is 5.75 Å². The van der Waals surface area contributed by atoms with Crippen LogP contribution in [0, 0.1) is 6.92 Å². The zero-order valence-corrected chi connectivity index (χ0v) is 22.3. The van der Waals surface area contributed by atoms with Crippen LogP contribution >= 0.6 is 11.3 Å². The van der Waals surface area contributed by atoms with Crippen molar-refractivity contribution in [2.24, 2.45) is 0 Å². The molecule has 2 aliphatic heterocycles. The van der Waals surface area contributed by atoms with Crippen LogP contribution in [0.2, 0.25) is 0 Å². The summed E-state index contributed by atoms with van der Waals surface area (Å²) in [6.07, 6.45) is 0.617. The van der Waals surface area contributed by atoms with Crippen molar-refractivity contribution in [2.75, 3.05) is 19.1 Å². The van der Waals surface area contributed by atoms with E-state index in [2.05, 4.69) is 4.98 Å². The van der Waals surface area contributed by atoms with Crippen molar-refractivity contribution in [1.29, 1.82) is 0 Å². The molecule has 3 heterocycles. The molecule has 0 saturated carbocycles. The van der Waals surface area contributed by atoms with E-state index in [1.165, 1.54) is 26.4 Å². The first-order valence-electron chi connectivity index (χ1n) is 12.0. The maximum atomic E-state index is 13.5. The highest BCUT2D eigenvalue weighted by Crippen LogP contribution is 2.44. The minimum absolute atomic E-state index is 0.0200. The summed E-state index contributed by atoms with van der Waals surface area (Å²) < 4.78 is 15.3. The van der Waals surface area contributed by atoms with E-state index in [4.69, 9.17) is 14.2 Å². The van der Waals surface area contributed by atoms with Gasteiger partial charge in [0.1, 0.15) is 22.5 Å². The number of nitrogens with zero attached hydrogens (tertiary/aromatic N) is 2. The summed E-state index contributed by atoms with van der Waals surface area (Å²) in [6.45, 7) is 3.53. The van der Waals surface area contributed by atoms with Crippen molar-refractivity contribution in [3.8, 4) is 5.75 Å². The number of hydrogen-bond acceptors (Lipinski definition) is 10. The summed E-state index contributed by atoms with van der Waals surface area (Å²) in [7, 11) is 2.50. The fourth-order valence-electron chi connectivity index (χ4n) is 4.76. The maximum Gasteiger partial charge on any atom is 0.350 e. The highest BCUT2D eigenvalue weighted by Gasteiger charge is 2.48. The molecule has 1 aromatic heterocycles. The lowest BCUT2D eigenvalue weighted by atomic mass is 9.94. The molecule has 200 valence electrons. The molecular weight excluding hydrogens is 524 g/mol. The fourth-order valence-corrected chi connectivity index (χ4v) is 5.77. The number of thiazole rings is 1. The monoisotopic (exact) mass is 548 g/mol. The average molecular weight is 549 g/mol. The van der Waals surface area contributed by atoms with Crippen molar-refractivity contribution in [1.82, 2.24) is 4.98 Å². The Labute approximate surface area is 227 Å². The molecule has 11 heteroatoms. The predicted molar refractivity (Wildman–Crippen MR) is 141 cm³/mol. The molecule has 3 aromatic rings. The number of ketones is 1. The fraction of sp³-hybridized carbons (Fsp3) is 0.250. The summed E-state index contributed by atoms with van der Waals surface area (Å²) in [5.41, 5.74) is 2.11. The van der Waals surface area contributed by atoms with Crippen LogP contribution in [-0.4, -0.2) is 54.0 Å². The number of aliphatic hydroxyl groups excluding tert-OH is 1. The zero-order chi connectivity index (χ0) is 28.0. The molecule has 2 aliphatic rings. The summed E-state index contributed by atoms with van der Waals surface area (Å²) in [6, 6.07) is 10.1. The zero-order valence-electron chi connectivity index (χ0n) is 21.5. The van der Waals surface area contributed by atoms with Crippen LogP contribution in [0.4, 0.5) is 5.13 Å². The van der Waals surface area contributed by atoms with E-state index in [0.29, 0.717) is 29.0 Å². The van der Waals surface area contributed by atoms with Gasteiger partial charge in [-0.15, -0.1) is 0 Å². The number of aromatic nitrogens is 1. The molecular formula is C28H24N2O8S. The van der Waals surface area contributed by atoms with Gasteiger partial charge in [-0.05, 0) is 55.3 Å². The van der Waals surface area contributed by atoms with Gasteiger partial charge in [0.25, 0.3) is 5.78 Å². The third-order valence-electron chi connectivity index (χ3n) is 6.62. The topological polar surface area (TPSA) is 132 Å². The lowest BCUT2D eigenvalue weighted by Crippen LogP contribution is -2.29. The van der Waals surface area contributed by atoms with Gasteiger partial charge in [0.15, 0.2) is 5.13 Å². The Morgan fingerprint density at radius 3 is 2.38 bits per heavy atom. The number of fused-ring (bicyclic) bond motifs is 1. The second-order valence-electron chi connectivity index (χ2n) is 9.14. The maximum absolute atomic E-state index is 13.5. The minimum atomic E-state index is -1.09. The number of carbonyl (C=O) groups is 4. The molecule has 0 unspecified atom stereocenters. The number of hydrogen-bond donors (Lipinski definition) is 1. The Hall–Kier alpha value is -4.51. The van der Waals surface area contributed by atoms with Crippen LogP contribution in [0.25, 0.3) is 5.76 Å². The van der Waals surface area contributed by atoms with E-state index < -0.39 is 29.7 Å². The van der Waals surface area contributed by atoms with Gasteiger partial charge in [0.05, 0.1) is 37.1 Å². The second kappa shape index (κ2) is 9.99. The molecule has 1 N–H and O–H groups in total. The number of methoxy groups -OCH3 is 2. The number of anilines is 1. The van der Waals surface area contributed by atoms with Crippen molar-refractivity contribution in [3.05, 3.63) is 80.9 Å². The lowest BCUT2D eigenvalue weighted by molar-refractivity contribution is -0.132. The standard InChI is InChI=1S/C28H24N2O8S/c1-13-11-18-12-17(9-10-19(18)38-13)22(31)20-21(15-5-7-16(8-6-15)26(34)36-3)30(25(33)23(20)32)28-29-14(2)24(39-28)27(35)37-4/h5-10,12-13,21,31H,11H2,1-4H3/b22-20+/t13-,21+/m1/s1. The number of aliphatic hydroxyl groups is 1. The summed E-state index contributed by atoms with van der Waals surface area (Å²) in [5, 5.41) is 11.5. The van der Waals surface area contributed by atoms with Gasteiger partial charge in [-0.2, -0.15) is 0 Å². The first kappa shape index (κ1) is 26.1. The Morgan fingerprint density at radius 1 is 1.05 bits per heavy atom. The van der Waals surface area contributed by atoms with E-state index in [9.17, 15) is 24.3 Å². The molecule has 39 heavy (non-hydrogen) atoms. The highest BCUT2D eigenvalue weighted by atomic mass is 32.1. The molecule has 2 atom stereocenters. The van der Waals surface area contributed by atoms with Crippen LogP contribution < -0.4 is 9.64 Å². The number of benzene rings is 2. The SMILES string of the molecule is COC(=O)c1ccc([C@H]2/C(=C(\O)c3ccc4c(c3)C[C@@H](C)O4)C(=O)C(=O)N2c2nc(C)c(C(=O)OC)s2)cc1. The van der Waals surface area contributed by atoms with Crippen LogP contribution in [-0.2, 0) is 25.5 Å². The van der Waals surface area contributed by atoms with Gasteiger partial charge in [-0.3, -0.25) is 14.5 Å². The largest absolute Gasteiger partial charge is 0.507 e. The van der Waals surface area contributed by atoms with Crippen molar-refractivity contribution >= 4 is 45.9 Å². The number of ether oxygens (including phenoxy) is 3. The molecule has 0 spiro atoms. The molecule has 1 fully saturated rings. The summed E-state index contributed by atoms with van der Waals surface area (Å²) in [4.78, 5) is 56.8. The quantitative estimate of drug-likeness (QED) is 0.218. The summed E-state index contributed by atoms with van der Waals surface area (Å²) >= 11 is 0.904. The number of aryl methyl sites for hydroxylation is 1. The van der Waals surface area contributed by atoms with Crippen LogP contribution in [0.1, 0.15) is 55.4 Å². The first-order valence-corrected chi connectivity index (χ1v) is 12.8. The molecule has 10 nitrogen and oxygen atoms in total. The predicted octanol–water partition coefficient (Wildman–Crippen LogP) is 3.97. The van der Waals surface area contributed by atoms with E-state index in [1.807, 2.05) is 6.92 Å². The van der Waals surface area contributed by atoms with Gasteiger partial charge in [0.2, 0.25) is 0 Å². The molecule has 1 amide bonds.